The van der Waals surface area contributed by atoms with Crippen molar-refractivity contribution in [1.82, 2.24) is 15.5 Å². The molecule has 7 heteroatoms. The van der Waals surface area contributed by atoms with Gasteiger partial charge in [-0.3, -0.25) is 9.59 Å². The van der Waals surface area contributed by atoms with E-state index in [1.807, 2.05) is 52.0 Å². The number of aryl methyl sites for hydroxylation is 1. The minimum absolute atomic E-state index is 0.0244. The molecule has 4 unspecified atom stereocenters. The van der Waals surface area contributed by atoms with Gasteiger partial charge in [0, 0.05) is 12.1 Å². The van der Waals surface area contributed by atoms with Gasteiger partial charge in [-0.05, 0) is 83.3 Å². The monoisotopic (exact) mass is 545 g/mol. The predicted octanol–water partition coefficient (Wildman–Crippen LogP) is 6.80. The number of nitrogens with zero attached hydrogens (tertiary/aromatic N) is 1. The third kappa shape index (κ3) is 11.6. The fourth-order valence-corrected chi connectivity index (χ4v) is 4.62. The Bertz CT molecular complexity index is 905. The Morgan fingerprint density at radius 2 is 1.46 bits per heavy atom. The number of hydrogen-bond donors (Lipinski definition) is 2. The summed E-state index contributed by atoms with van der Waals surface area (Å²) in [6, 6.07) is 6.01. The summed E-state index contributed by atoms with van der Waals surface area (Å²) in [6.45, 7) is 21.6. The number of benzene rings is 1. The number of nitrogens with one attached hydrogen (secondary N) is 2. The molecular formula is C32H55N3O4. The summed E-state index contributed by atoms with van der Waals surface area (Å²) in [5.74, 6) is -0.249. The van der Waals surface area contributed by atoms with Crippen molar-refractivity contribution in [3.63, 3.8) is 0 Å². The molecule has 1 aromatic carbocycles. The zero-order valence-electron chi connectivity index (χ0n) is 26.4. The van der Waals surface area contributed by atoms with E-state index in [4.69, 9.17) is 4.74 Å². The predicted molar refractivity (Wildman–Crippen MR) is 159 cm³/mol. The SMILES string of the molecule is CCCC(C)NC(=O)C(c1ccc(CC)cc1)N(C(=O)C(NC(=O)OC(C)(C)C)C(C)C)C(C)CCC(C)C. The highest BCUT2D eigenvalue weighted by Crippen LogP contribution is 2.29. The Kier molecular flexibility index (Phi) is 14.0. The van der Waals surface area contributed by atoms with Gasteiger partial charge in [-0.15, -0.1) is 0 Å². The summed E-state index contributed by atoms with van der Waals surface area (Å²) in [7, 11) is 0. The van der Waals surface area contributed by atoms with Gasteiger partial charge in [-0.2, -0.15) is 0 Å². The van der Waals surface area contributed by atoms with E-state index in [1.165, 1.54) is 0 Å². The molecule has 0 saturated carbocycles. The van der Waals surface area contributed by atoms with Crippen LogP contribution in [-0.2, 0) is 20.7 Å². The first-order valence-corrected chi connectivity index (χ1v) is 14.8. The third-order valence-corrected chi connectivity index (χ3v) is 6.84. The summed E-state index contributed by atoms with van der Waals surface area (Å²) in [6.07, 6.45) is 3.68. The lowest BCUT2D eigenvalue weighted by Crippen LogP contribution is -2.57. The number of alkyl carbamates (subject to hydrolysis) is 1. The van der Waals surface area contributed by atoms with Gasteiger partial charge in [-0.1, -0.05) is 72.2 Å². The highest BCUT2D eigenvalue weighted by molar-refractivity contribution is 5.92. The molecule has 3 amide bonds. The second-order valence-corrected chi connectivity index (χ2v) is 12.6. The minimum Gasteiger partial charge on any atom is -0.444 e. The fraction of sp³-hybridized carbons (Fsp3) is 0.719. The number of rotatable bonds is 14. The van der Waals surface area contributed by atoms with E-state index in [0.29, 0.717) is 5.92 Å². The molecule has 0 aliphatic carbocycles. The summed E-state index contributed by atoms with van der Waals surface area (Å²) >= 11 is 0. The molecule has 2 N–H and O–H groups in total. The molecule has 0 bridgehead atoms. The highest BCUT2D eigenvalue weighted by Gasteiger charge is 2.40. The average molecular weight is 546 g/mol. The molecule has 0 aliphatic rings. The lowest BCUT2D eigenvalue weighted by Gasteiger charge is -2.40. The summed E-state index contributed by atoms with van der Waals surface area (Å²) < 4.78 is 5.49. The molecule has 222 valence electrons. The van der Waals surface area contributed by atoms with E-state index >= 15 is 0 Å². The van der Waals surface area contributed by atoms with Crippen LogP contribution in [0.15, 0.2) is 24.3 Å². The average Bonchev–Trinajstić information content (AvgIpc) is 2.82. The van der Waals surface area contributed by atoms with E-state index in [1.54, 1.807) is 25.7 Å². The molecule has 0 saturated heterocycles. The zero-order chi connectivity index (χ0) is 29.9. The van der Waals surface area contributed by atoms with E-state index in [0.717, 1.165) is 43.2 Å². The van der Waals surface area contributed by atoms with E-state index in [9.17, 15) is 14.4 Å². The minimum atomic E-state index is -0.848. The standard InChI is InChI=1S/C32H55N3O4/c1-12-14-23(7)33-29(36)28(26-19-17-25(13-2)18-20-26)35(24(8)16-15-21(3)4)30(37)27(22(5)6)34-31(38)39-32(9,10)11/h17-24,27-28H,12-16H2,1-11H3,(H,33,36)(H,34,38). The Labute approximate surface area is 237 Å². The van der Waals surface area contributed by atoms with Crippen molar-refractivity contribution in [3.05, 3.63) is 35.4 Å². The van der Waals surface area contributed by atoms with Gasteiger partial charge < -0.3 is 20.3 Å². The molecule has 4 atom stereocenters. The molecule has 0 radical (unpaired) electrons. The smallest absolute Gasteiger partial charge is 0.408 e. The van der Waals surface area contributed by atoms with Crippen LogP contribution in [0.2, 0.25) is 0 Å². The van der Waals surface area contributed by atoms with Crippen LogP contribution >= 0.6 is 0 Å². The maximum absolute atomic E-state index is 14.4. The van der Waals surface area contributed by atoms with Crippen molar-refractivity contribution in [2.75, 3.05) is 0 Å². The van der Waals surface area contributed by atoms with Gasteiger partial charge in [0.15, 0.2) is 0 Å². The first kappa shape index (κ1) is 34.5. The van der Waals surface area contributed by atoms with Crippen LogP contribution in [0.25, 0.3) is 0 Å². The van der Waals surface area contributed by atoms with Gasteiger partial charge in [0.25, 0.3) is 0 Å². The van der Waals surface area contributed by atoms with Gasteiger partial charge in [0.05, 0.1) is 0 Å². The maximum atomic E-state index is 14.4. The molecular weight excluding hydrogens is 490 g/mol. The topological polar surface area (TPSA) is 87.7 Å². The van der Waals surface area contributed by atoms with Crippen LogP contribution < -0.4 is 10.6 Å². The maximum Gasteiger partial charge on any atom is 0.408 e. The van der Waals surface area contributed by atoms with Crippen molar-refractivity contribution in [2.45, 2.75) is 138 Å². The molecule has 39 heavy (non-hydrogen) atoms. The molecule has 0 fully saturated rings. The second-order valence-electron chi connectivity index (χ2n) is 12.6. The van der Waals surface area contributed by atoms with Gasteiger partial charge in [0.2, 0.25) is 11.8 Å². The zero-order valence-corrected chi connectivity index (χ0v) is 26.4. The van der Waals surface area contributed by atoms with E-state index in [2.05, 4.69) is 38.3 Å². The van der Waals surface area contributed by atoms with Crippen LogP contribution in [0.4, 0.5) is 4.79 Å². The number of carbonyl (C=O) groups is 3. The normalized spacial score (nSPS) is 14.9. The third-order valence-electron chi connectivity index (χ3n) is 6.84. The van der Waals surface area contributed by atoms with Crippen molar-refractivity contribution < 1.29 is 19.1 Å². The lowest BCUT2D eigenvalue weighted by atomic mass is 9.94. The Morgan fingerprint density at radius 3 is 1.92 bits per heavy atom. The Hall–Kier alpha value is -2.57. The van der Waals surface area contributed by atoms with Crippen molar-refractivity contribution >= 4 is 17.9 Å². The van der Waals surface area contributed by atoms with Gasteiger partial charge >= 0.3 is 6.09 Å². The Balaban J connectivity index is 3.62. The van der Waals surface area contributed by atoms with Gasteiger partial charge in [-0.25, -0.2) is 4.79 Å². The molecule has 0 heterocycles. The molecule has 0 aliphatic heterocycles. The number of carbonyl (C=O) groups excluding carboxylic acids is 3. The Morgan fingerprint density at radius 1 is 0.872 bits per heavy atom. The fourth-order valence-electron chi connectivity index (χ4n) is 4.62. The first-order chi connectivity index (χ1) is 18.1. The second kappa shape index (κ2) is 15.9. The highest BCUT2D eigenvalue weighted by atomic mass is 16.6. The molecule has 1 aromatic rings. The van der Waals surface area contributed by atoms with E-state index in [-0.39, 0.29) is 29.8 Å². The molecule has 0 aromatic heterocycles. The molecule has 0 spiro atoms. The summed E-state index contributed by atoms with van der Waals surface area (Å²) in [5.41, 5.74) is 1.23. The van der Waals surface area contributed by atoms with Crippen LogP contribution in [0, 0.1) is 11.8 Å². The summed E-state index contributed by atoms with van der Waals surface area (Å²) in [5, 5.41) is 5.97. The largest absolute Gasteiger partial charge is 0.444 e. The number of ether oxygens (including phenoxy) is 1. The van der Waals surface area contributed by atoms with E-state index < -0.39 is 23.8 Å². The first-order valence-electron chi connectivity index (χ1n) is 14.8. The van der Waals surface area contributed by atoms with Crippen LogP contribution in [0.1, 0.15) is 119 Å². The molecule has 7 nitrogen and oxygen atoms in total. The van der Waals surface area contributed by atoms with Crippen molar-refractivity contribution in [2.24, 2.45) is 11.8 Å². The molecule has 1 rings (SSSR count). The quantitative estimate of drug-likeness (QED) is 0.269. The number of amides is 3. The van der Waals surface area contributed by atoms with Gasteiger partial charge in [0.1, 0.15) is 17.7 Å². The number of hydrogen-bond acceptors (Lipinski definition) is 4. The van der Waals surface area contributed by atoms with Crippen LogP contribution in [0.5, 0.6) is 0 Å². The lowest BCUT2D eigenvalue weighted by molar-refractivity contribution is -0.146. The van der Waals surface area contributed by atoms with Crippen molar-refractivity contribution in [3.8, 4) is 0 Å². The van der Waals surface area contributed by atoms with Crippen molar-refractivity contribution in [1.29, 1.82) is 0 Å². The van der Waals surface area contributed by atoms with Crippen LogP contribution in [0.3, 0.4) is 0 Å². The summed E-state index contributed by atoms with van der Waals surface area (Å²) in [4.78, 5) is 42.8. The van der Waals surface area contributed by atoms with Crippen LogP contribution in [-0.4, -0.2) is 46.5 Å².